The van der Waals surface area contributed by atoms with Gasteiger partial charge in [-0.3, -0.25) is 0 Å². The Labute approximate surface area is 103 Å². The van der Waals surface area contributed by atoms with Crippen molar-refractivity contribution < 1.29 is 0 Å². The first kappa shape index (κ1) is 10.9. The Hall–Kier alpha value is 0.380. The van der Waals surface area contributed by atoms with Gasteiger partial charge < -0.3 is 0 Å². The van der Waals surface area contributed by atoms with E-state index >= 15 is 0 Å². The average molecular weight is 270 g/mol. The second-order valence-corrected chi connectivity index (χ2v) is 5.27. The van der Waals surface area contributed by atoms with Gasteiger partial charge in [0.25, 0.3) is 0 Å². The molecule has 0 heterocycles. The van der Waals surface area contributed by atoms with E-state index in [2.05, 4.69) is 0 Å². The number of benzene rings is 1. The third-order valence-electron chi connectivity index (χ3n) is 2.45. The summed E-state index contributed by atoms with van der Waals surface area (Å²) in [6.45, 7) is 0. The lowest BCUT2D eigenvalue weighted by Crippen LogP contribution is -2.30. The van der Waals surface area contributed by atoms with E-state index in [0.717, 1.165) is 11.1 Å². The molecular formula is C10H8Cl4. The highest BCUT2D eigenvalue weighted by Crippen LogP contribution is 2.47. The van der Waals surface area contributed by atoms with Gasteiger partial charge in [-0.1, -0.05) is 24.3 Å². The van der Waals surface area contributed by atoms with E-state index in [4.69, 9.17) is 46.4 Å². The number of halogens is 4. The van der Waals surface area contributed by atoms with E-state index in [0.29, 0.717) is 0 Å². The van der Waals surface area contributed by atoms with Crippen LogP contribution in [-0.4, -0.2) is 10.8 Å². The van der Waals surface area contributed by atoms with Crippen molar-refractivity contribution in [2.45, 2.75) is 21.5 Å². The van der Waals surface area contributed by atoms with Crippen LogP contribution in [0.3, 0.4) is 0 Å². The summed E-state index contributed by atoms with van der Waals surface area (Å²) in [5.41, 5.74) is 1.98. The van der Waals surface area contributed by atoms with Crippen molar-refractivity contribution in [3.05, 3.63) is 35.4 Å². The molecule has 0 spiro atoms. The lowest BCUT2D eigenvalue weighted by molar-refractivity contribution is 0.668. The summed E-state index contributed by atoms with van der Waals surface area (Å²) in [6.07, 6.45) is 0. The Morgan fingerprint density at radius 2 is 1.07 bits per heavy atom. The zero-order chi connectivity index (χ0) is 10.3. The van der Waals surface area contributed by atoms with E-state index in [1.165, 1.54) is 0 Å². The van der Waals surface area contributed by atoms with Crippen molar-refractivity contribution >= 4 is 46.4 Å². The molecule has 0 amide bonds. The van der Waals surface area contributed by atoms with Crippen LogP contribution < -0.4 is 0 Å². The predicted molar refractivity (Wildman–Crippen MR) is 62.9 cm³/mol. The third kappa shape index (κ3) is 1.63. The highest BCUT2D eigenvalue weighted by Gasteiger charge is 2.39. The molecule has 0 bridgehead atoms. The van der Waals surface area contributed by atoms with Gasteiger partial charge in [0.15, 0.2) is 0 Å². The summed E-state index contributed by atoms with van der Waals surface area (Å²) in [7, 11) is 0. The highest BCUT2D eigenvalue weighted by atomic mass is 35.5. The summed E-state index contributed by atoms with van der Waals surface area (Å²) >= 11 is 24.5. The van der Waals surface area contributed by atoms with Gasteiger partial charge in [0.1, 0.15) is 0 Å². The van der Waals surface area contributed by atoms with E-state index in [-0.39, 0.29) is 21.5 Å². The molecule has 76 valence electrons. The summed E-state index contributed by atoms with van der Waals surface area (Å²) in [4.78, 5) is 0. The number of fused-ring (bicyclic) bond motifs is 1. The fourth-order valence-corrected chi connectivity index (χ4v) is 3.10. The first-order chi connectivity index (χ1) is 6.63. The Kier molecular flexibility index (Phi) is 3.18. The molecule has 14 heavy (non-hydrogen) atoms. The first-order valence-corrected chi connectivity index (χ1v) is 6.02. The van der Waals surface area contributed by atoms with Crippen molar-refractivity contribution in [2.24, 2.45) is 0 Å². The van der Waals surface area contributed by atoms with Crippen LogP contribution in [0.2, 0.25) is 0 Å². The van der Waals surface area contributed by atoms with E-state index < -0.39 is 0 Å². The molecule has 0 radical (unpaired) electrons. The summed E-state index contributed by atoms with van der Waals surface area (Å²) in [5.74, 6) is 0. The van der Waals surface area contributed by atoms with Crippen LogP contribution in [0.15, 0.2) is 24.3 Å². The molecule has 4 atom stereocenters. The molecule has 0 N–H and O–H groups in total. The van der Waals surface area contributed by atoms with E-state index in [1.807, 2.05) is 24.3 Å². The largest absolute Gasteiger partial charge is 0.119 e. The molecule has 1 aromatic rings. The predicted octanol–water partition coefficient (Wildman–Crippen LogP) is 4.47. The van der Waals surface area contributed by atoms with Crippen LogP contribution in [0, 0.1) is 0 Å². The van der Waals surface area contributed by atoms with Crippen LogP contribution in [0.1, 0.15) is 21.9 Å². The van der Waals surface area contributed by atoms with Crippen molar-refractivity contribution in [1.29, 1.82) is 0 Å². The summed E-state index contributed by atoms with van der Waals surface area (Å²) in [5, 5.41) is -1.16. The van der Waals surface area contributed by atoms with Crippen molar-refractivity contribution in [3.63, 3.8) is 0 Å². The number of hydrogen-bond donors (Lipinski definition) is 0. The minimum absolute atomic E-state index is 0.259. The number of hydrogen-bond acceptors (Lipinski definition) is 0. The van der Waals surface area contributed by atoms with Crippen molar-refractivity contribution in [1.82, 2.24) is 0 Å². The van der Waals surface area contributed by atoms with Gasteiger partial charge in [0.2, 0.25) is 0 Å². The Bertz CT molecular complexity index is 306. The second-order valence-electron chi connectivity index (χ2n) is 3.32. The summed E-state index contributed by atoms with van der Waals surface area (Å²) in [6, 6.07) is 7.74. The van der Waals surface area contributed by atoms with Crippen LogP contribution in [0.4, 0.5) is 0 Å². The maximum atomic E-state index is 6.18. The Balaban J connectivity index is 2.51. The van der Waals surface area contributed by atoms with Crippen molar-refractivity contribution in [2.75, 3.05) is 0 Å². The van der Waals surface area contributed by atoms with E-state index in [9.17, 15) is 0 Å². The molecule has 1 aromatic carbocycles. The topological polar surface area (TPSA) is 0 Å². The molecule has 0 nitrogen and oxygen atoms in total. The van der Waals surface area contributed by atoms with Gasteiger partial charge in [0.05, 0.1) is 21.5 Å². The first-order valence-electron chi connectivity index (χ1n) is 4.28. The average Bonchev–Trinajstić information content (AvgIpc) is 2.23. The monoisotopic (exact) mass is 268 g/mol. The fourth-order valence-electron chi connectivity index (χ4n) is 1.68. The normalized spacial score (nSPS) is 36.6. The van der Waals surface area contributed by atoms with Gasteiger partial charge in [-0.05, 0) is 11.1 Å². The Morgan fingerprint density at radius 3 is 1.43 bits per heavy atom. The molecule has 4 unspecified atom stereocenters. The standard InChI is InChI=1S/C10H8Cl4/c11-7-5-3-1-2-4-6(5)8(12)10(14)9(7)13/h1-4,7-10H. The molecular weight excluding hydrogens is 262 g/mol. The smallest absolute Gasteiger partial charge is 0.0767 e. The SMILES string of the molecule is ClC1c2ccccc2C(Cl)C(Cl)C1Cl. The number of rotatable bonds is 0. The highest BCUT2D eigenvalue weighted by molar-refractivity contribution is 6.39. The molecule has 0 fully saturated rings. The van der Waals surface area contributed by atoms with Gasteiger partial charge >= 0.3 is 0 Å². The third-order valence-corrected chi connectivity index (χ3v) is 4.90. The van der Waals surface area contributed by atoms with E-state index in [1.54, 1.807) is 0 Å². The van der Waals surface area contributed by atoms with Crippen LogP contribution in [-0.2, 0) is 0 Å². The zero-order valence-corrected chi connectivity index (χ0v) is 10.2. The lowest BCUT2D eigenvalue weighted by atomic mass is 9.90. The van der Waals surface area contributed by atoms with Gasteiger partial charge in [-0.15, -0.1) is 46.4 Å². The minimum Gasteiger partial charge on any atom is -0.119 e. The molecule has 4 heteroatoms. The summed E-state index contributed by atoms with van der Waals surface area (Å²) < 4.78 is 0. The molecule has 1 aliphatic carbocycles. The van der Waals surface area contributed by atoms with Gasteiger partial charge in [0, 0.05) is 0 Å². The Morgan fingerprint density at radius 1 is 0.714 bits per heavy atom. The van der Waals surface area contributed by atoms with Crippen LogP contribution in [0.25, 0.3) is 0 Å². The molecule has 0 saturated carbocycles. The zero-order valence-electron chi connectivity index (χ0n) is 7.13. The molecule has 0 saturated heterocycles. The molecule has 0 aliphatic heterocycles. The minimum atomic E-state index is -0.323. The maximum absolute atomic E-state index is 6.18. The van der Waals surface area contributed by atoms with Crippen molar-refractivity contribution in [3.8, 4) is 0 Å². The molecule has 0 aromatic heterocycles. The van der Waals surface area contributed by atoms with Crippen LogP contribution in [0.5, 0.6) is 0 Å². The molecule has 1 aliphatic rings. The van der Waals surface area contributed by atoms with Gasteiger partial charge in [-0.2, -0.15) is 0 Å². The molecule has 2 rings (SSSR count). The second kappa shape index (κ2) is 4.09. The quantitative estimate of drug-likeness (QED) is 0.610. The lowest BCUT2D eigenvalue weighted by Gasteiger charge is -2.33. The number of alkyl halides is 4. The van der Waals surface area contributed by atoms with Gasteiger partial charge in [-0.25, -0.2) is 0 Å². The fraction of sp³-hybridized carbons (Fsp3) is 0.400. The van der Waals surface area contributed by atoms with Crippen LogP contribution >= 0.6 is 46.4 Å². The maximum Gasteiger partial charge on any atom is 0.0767 e.